The number of methoxy groups -OCH3 is 1. The minimum absolute atomic E-state index is 0.0513. The number of benzene rings is 3. The van der Waals surface area contributed by atoms with Gasteiger partial charge in [-0.05, 0) is 29.0 Å². The van der Waals surface area contributed by atoms with E-state index < -0.39 is 4.92 Å². The molecule has 7 nitrogen and oxygen atoms in total. The molecule has 0 spiro atoms. The van der Waals surface area contributed by atoms with E-state index in [0.29, 0.717) is 5.69 Å². The molecule has 148 valence electrons. The van der Waals surface area contributed by atoms with Gasteiger partial charge in [0.05, 0.1) is 23.3 Å². The molecule has 1 heterocycles. The summed E-state index contributed by atoms with van der Waals surface area (Å²) in [7, 11) is 1.66. The van der Waals surface area contributed by atoms with Crippen LogP contribution in [-0.2, 0) is 0 Å². The minimum atomic E-state index is -0.404. The van der Waals surface area contributed by atoms with Crippen LogP contribution in [0.1, 0.15) is 5.56 Å². The van der Waals surface area contributed by atoms with Crippen LogP contribution in [0.4, 0.5) is 11.4 Å². The highest BCUT2D eigenvalue weighted by Crippen LogP contribution is 2.31. The van der Waals surface area contributed by atoms with E-state index >= 15 is 0 Å². The van der Waals surface area contributed by atoms with E-state index in [1.165, 1.54) is 12.1 Å². The van der Waals surface area contributed by atoms with Crippen molar-refractivity contribution in [2.45, 2.75) is 0 Å². The number of hydrogen-bond acceptors (Lipinski definition) is 5. The molecule has 0 atom stereocenters. The van der Waals surface area contributed by atoms with Crippen LogP contribution in [0, 0.1) is 10.1 Å². The molecule has 29 heavy (non-hydrogen) atoms. The average molecular weight is 390 g/mol. The number of piperazine rings is 1. The lowest BCUT2D eigenvalue weighted by atomic mass is 10.0. The van der Waals surface area contributed by atoms with Gasteiger partial charge in [-0.15, -0.1) is 0 Å². The molecule has 0 bridgehead atoms. The van der Waals surface area contributed by atoms with Crippen molar-refractivity contribution in [3.63, 3.8) is 0 Å². The first-order valence-corrected chi connectivity index (χ1v) is 9.52. The molecule has 1 N–H and O–H groups in total. The molecule has 4 rings (SSSR count). The number of rotatable bonds is 4. The number of nitrogens with zero attached hydrogens (tertiary/aromatic N) is 3. The Morgan fingerprint density at radius 2 is 1.79 bits per heavy atom. The van der Waals surface area contributed by atoms with Gasteiger partial charge in [-0.1, -0.05) is 30.3 Å². The molecular weight excluding hydrogens is 368 g/mol. The first kappa shape index (κ1) is 18.9. The van der Waals surface area contributed by atoms with Crippen LogP contribution in [0.2, 0.25) is 0 Å². The van der Waals surface area contributed by atoms with Gasteiger partial charge in [-0.3, -0.25) is 10.1 Å². The molecular formula is C22H22N4O3. The highest BCUT2D eigenvalue weighted by Gasteiger charge is 2.22. The highest BCUT2D eigenvalue weighted by atomic mass is 16.6. The topological polar surface area (TPSA) is 80.0 Å². The Kier molecular flexibility index (Phi) is 5.39. The molecule has 7 heteroatoms. The molecule has 1 fully saturated rings. The third-order valence-electron chi connectivity index (χ3n) is 5.05. The molecule has 1 aliphatic heterocycles. The van der Waals surface area contributed by atoms with Crippen molar-refractivity contribution < 1.29 is 9.66 Å². The first-order valence-electron chi connectivity index (χ1n) is 9.52. The fraction of sp³-hybridized carbons (Fsp3) is 0.227. The molecule has 1 saturated heterocycles. The normalized spacial score (nSPS) is 14.8. The number of aliphatic imine (C=N–C) groups is 1. The van der Waals surface area contributed by atoms with Crippen molar-refractivity contribution in [1.82, 2.24) is 10.2 Å². The van der Waals surface area contributed by atoms with Crippen molar-refractivity contribution in [2.75, 3.05) is 33.3 Å². The lowest BCUT2D eigenvalue weighted by Crippen LogP contribution is -2.46. The molecule has 3 aromatic rings. The summed E-state index contributed by atoms with van der Waals surface area (Å²) in [5, 5.41) is 16.5. The number of nitro benzene ring substituents is 1. The van der Waals surface area contributed by atoms with Crippen LogP contribution in [-0.4, -0.2) is 48.9 Å². The minimum Gasteiger partial charge on any atom is -0.496 e. The second kappa shape index (κ2) is 8.28. The lowest BCUT2D eigenvalue weighted by molar-refractivity contribution is -0.384. The molecule has 0 unspecified atom stereocenters. The van der Waals surface area contributed by atoms with Crippen LogP contribution in [0.25, 0.3) is 10.8 Å². The summed E-state index contributed by atoms with van der Waals surface area (Å²) in [5.41, 5.74) is 1.65. The van der Waals surface area contributed by atoms with E-state index in [0.717, 1.165) is 54.1 Å². The van der Waals surface area contributed by atoms with E-state index in [1.807, 2.05) is 24.3 Å². The Bertz CT molecular complexity index is 1060. The third-order valence-corrected chi connectivity index (χ3v) is 5.05. The Morgan fingerprint density at radius 1 is 1.07 bits per heavy atom. The molecule has 0 radical (unpaired) electrons. The second-order valence-electron chi connectivity index (χ2n) is 6.81. The van der Waals surface area contributed by atoms with E-state index in [2.05, 4.69) is 22.3 Å². The van der Waals surface area contributed by atoms with Gasteiger partial charge in [0.1, 0.15) is 11.6 Å². The van der Waals surface area contributed by atoms with Crippen LogP contribution >= 0.6 is 0 Å². The quantitative estimate of drug-likeness (QED) is 0.318. The molecule has 0 saturated carbocycles. The summed E-state index contributed by atoms with van der Waals surface area (Å²) in [6.45, 7) is 3.37. The van der Waals surface area contributed by atoms with Crippen LogP contribution in [0.5, 0.6) is 5.75 Å². The number of amidine groups is 1. The maximum absolute atomic E-state index is 11.0. The van der Waals surface area contributed by atoms with Gasteiger partial charge < -0.3 is 15.0 Å². The first-order chi connectivity index (χ1) is 14.2. The Hall–Kier alpha value is -3.45. The van der Waals surface area contributed by atoms with E-state index in [9.17, 15) is 10.1 Å². The zero-order chi connectivity index (χ0) is 20.2. The maximum Gasteiger partial charge on any atom is 0.269 e. The average Bonchev–Trinajstić information content (AvgIpc) is 2.77. The fourth-order valence-corrected chi connectivity index (χ4v) is 3.58. The summed E-state index contributed by atoms with van der Waals surface area (Å²) in [4.78, 5) is 17.7. The summed E-state index contributed by atoms with van der Waals surface area (Å²) in [6, 6.07) is 18.5. The monoisotopic (exact) mass is 390 g/mol. The SMILES string of the molecule is COc1ccc2ccccc2c1C(=Nc1ccc([N+](=O)[O-])cc1)N1CCNCC1. The van der Waals surface area contributed by atoms with Gasteiger partial charge in [0, 0.05) is 38.3 Å². The van der Waals surface area contributed by atoms with E-state index in [4.69, 9.17) is 9.73 Å². The number of ether oxygens (including phenoxy) is 1. The van der Waals surface area contributed by atoms with Crippen LogP contribution in [0.15, 0.2) is 65.7 Å². The largest absolute Gasteiger partial charge is 0.496 e. The third kappa shape index (κ3) is 3.90. The van der Waals surface area contributed by atoms with Crippen molar-refractivity contribution in [3.8, 4) is 5.75 Å². The Labute approximate surface area is 168 Å². The molecule has 0 amide bonds. The summed E-state index contributed by atoms with van der Waals surface area (Å²) in [5.74, 6) is 1.57. The van der Waals surface area contributed by atoms with Crippen molar-refractivity contribution in [3.05, 3.63) is 76.3 Å². The number of non-ortho nitro benzene ring substituents is 1. The van der Waals surface area contributed by atoms with Crippen molar-refractivity contribution in [1.29, 1.82) is 0 Å². The predicted octanol–water partition coefficient (Wildman–Crippen LogP) is 3.74. The smallest absolute Gasteiger partial charge is 0.269 e. The lowest BCUT2D eigenvalue weighted by Gasteiger charge is -2.31. The molecule has 0 aromatic heterocycles. The van der Waals surface area contributed by atoms with Gasteiger partial charge in [0.2, 0.25) is 0 Å². The maximum atomic E-state index is 11.0. The number of hydrogen-bond donors (Lipinski definition) is 1. The predicted molar refractivity (Wildman–Crippen MR) is 114 cm³/mol. The van der Waals surface area contributed by atoms with E-state index in [1.54, 1.807) is 19.2 Å². The zero-order valence-electron chi connectivity index (χ0n) is 16.2. The fourth-order valence-electron chi connectivity index (χ4n) is 3.58. The summed E-state index contributed by atoms with van der Waals surface area (Å²) >= 11 is 0. The molecule has 3 aromatic carbocycles. The summed E-state index contributed by atoms with van der Waals surface area (Å²) < 4.78 is 5.70. The van der Waals surface area contributed by atoms with Gasteiger partial charge in [0.25, 0.3) is 5.69 Å². The van der Waals surface area contributed by atoms with Crippen molar-refractivity contribution in [2.24, 2.45) is 4.99 Å². The number of fused-ring (bicyclic) bond motifs is 1. The van der Waals surface area contributed by atoms with Crippen LogP contribution < -0.4 is 10.1 Å². The standard InChI is InChI=1S/C22H22N4O3/c1-29-20-11-6-16-4-2-3-5-19(16)21(20)22(25-14-12-23-13-15-25)24-17-7-9-18(10-8-17)26(27)28/h2-11,23H,12-15H2,1H3. The van der Waals surface area contributed by atoms with Gasteiger partial charge in [0.15, 0.2) is 0 Å². The van der Waals surface area contributed by atoms with Gasteiger partial charge in [-0.25, -0.2) is 4.99 Å². The van der Waals surface area contributed by atoms with Gasteiger partial charge >= 0.3 is 0 Å². The van der Waals surface area contributed by atoms with Gasteiger partial charge in [-0.2, -0.15) is 0 Å². The molecule has 1 aliphatic rings. The second-order valence-corrected chi connectivity index (χ2v) is 6.81. The zero-order valence-corrected chi connectivity index (χ0v) is 16.2. The highest BCUT2D eigenvalue weighted by molar-refractivity contribution is 6.13. The van der Waals surface area contributed by atoms with Crippen LogP contribution in [0.3, 0.4) is 0 Å². The Balaban J connectivity index is 1.89. The Morgan fingerprint density at radius 3 is 2.48 bits per heavy atom. The van der Waals surface area contributed by atoms with E-state index in [-0.39, 0.29) is 5.69 Å². The number of nitrogens with one attached hydrogen (secondary N) is 1. The summed E-state index contributed by atoms with van der Waals surface area (Å²) in [6.07, 6.45) is 0. The number of nitro groups is 1. The van der Waals surface area contributed by atoms with Crippen molar-refractivity contribution >= 4 is 28.0 Å². The molecule has 0 aliphatic carbocycles.